The van der Waals surface area contributed by atoms with Gasteiger partial charge in [-0.25, -0.2) is 9.55 Å². The number of imidazole rings is 1. The van der Waals surface area contributed by atoms with E-state index in [2.05, 4.69) is 71.4 Å². The standard InChI is InChI=1S/C22H21N4/c1-13-9-20(25(4)12-23-13)16-10-21-17(15(3)14(16)2)11-22-24-18-7-5-6-8-19(18)26(21)22/h5-10,12H,11H2,1-4H3/q+1. The Balaban J connectivity index is 1.83. The number of rotatable bonds is 1. The molecule has 2 aromatic heterocycles. The summed E-state index contributed by atoms with van der Waals surface area (Å²) >= 11 is 0. The Morgan fingerprint density at radius 3 is 2.69 bits per heavy atom. The van der Waals surface area contributed by atoms with Crippen molar-refractivity contribution in [2.24, 2.45) is 7.05 Å². The van der Waals surface area contributed by atoms with Crippen molar-refractivity contribution in [1.29, 1.82) is 0 Å². The quantitative estimate of drug-likeness (QED) is 0.435. The van der Waals surface area contributed by atoms with E-state index in [-0.39, 0.29) is 0 Å². The Morgan fingerprint density at radius 1 is 1.04 bits per heavy atom. The van der Waals surface area contributed by atoms with Crippen LogP contribution >= 0.6 is 0 Å². The summed E-state index contributed by atoms with van der Waals surface area (Å²) in [6.07, 6.45) is 2.79. The molecule has 4 heteroatoms. The van der Waals surface area contributed by atoms with Gasteiger partial charge >= 0.3 is 0 Å². The second-order valence-electron chi connectivity index (χ2n) is 7.23. The van der Waals surface area contributed by atoms with E-state index in [0.717, 1.165) is 23.5 Å². The third kappa shape index (κ3) is 1.99. The first kappa shape index (κ1) is 15.3. The SMILES string of the molecule is Cc1cc(-c2cc3c(c(C)c2C)Cc2nc4ccccc4n2-3)[n+](C)cn1. The van der Waals surface area contributed by atoms with Crippen LogP contribution in [0.4, 0.5) is 0 Å². The fourth-order valence-corrected chi connectivity index (χ4v) is 4.11. The maximum Gasteiger partial charge on any atom is 0.286 e. The lowest BCUT2D eigenvalue weighted by Gasteiger charge is -2.15. The van der Waals surface area contributed by atoms with Crippen LogP contribution in [0.1, 0.15) is 28.2 Å². The van der Waals surface area contributed by atoms with E-state index in [1.807, 2.05) is 13.3 Å². The molecule has 0 radical (unpaired) electrons. The third-order valence-corrected chi connectivity index (χ3v) is 5.65. The minimum absolute atomic E-state index is 0.901. The van der Waals surface area contributed by atoms with Crippen LogP contribution in [0.5, 0.6) is 0 Å². The number of para-hydroxylation sites is 2. The Bertz CT molecular complexity index is 1200. The molecule has 5 rings (SSSR count). The summed E-state index contributed by atoms with van der Waals surface area (Å²) in [4.78, 5) is 9.27. The van der Waals surface area contributed by atoms with E-state index >= 15 is 0 Å². The van der Waals surface area contributed by atoms with E-state index in [1.54, 1.807) is 0 Å². The van der Waals surface area contributed by atoms with Crippen LogP contribution in [0.2, 0.25) is 0 Å². The van der Waals surface area contributed by atoms with Gasteiger partial charge in [-0.2, -0.15) is 0 Å². The molecule has 4 nitrogen and oxygen atoms in total. The van der Waals surface area contributed by atoms with Gasteiger partial charge in [0.2, 0.25) is 0 Å². The molecule has 0 bridgehead atoms. The van der Waals surface area contributed by atoms with Crippen LogP contribution in [-0.4, -0.2) is 14.5 Å². The fourth-order valence-electron chi connectivity index (χ4n) is 4.11. The first-order valence-electron chi connectivity index (χ1n) is 8.97. The summed E-state index contributed by atoms with van der Waals surface area (Å²) < 4.78 is 4.43. The van der Waals surface area contributed by atoms with Gasteiger partial charge in [0.25, 0.3) is 6.33 Å². The zero-order valence-corrected chi connectivity index (χ0v) is 15.5. The van der Waals surface area contributed by atoms with Gasteiger partial charge in [-0.1, -0.05) is 17.1 Å². The van der Waals surface area contributed by atoms with Gasteiger partial charge in [0.15, 0.2) is 5.69 Å². The average molecular weight is 341 g/mol. The van der Waals surface area contributed by atoms with Crippen molar-refractivity contribution >= 4 is 11.0 Å². The minimum atomic E-state index is 0.901. The van der Waals surface area contributed by atoms with Gasteiger partial charge in [0, 0.05) is 25.0 Å². The van der Waals surface area contributed by atoms with Crippen LogP contribution in [0.3, 0.4) is 0 Å². The zero-order chi connectivity index (χ0) is 18.0. The molecule has 0 N–H and O–H groups in total. The first-order chi connectivity index (χ1) is 12.5. The average Bonchev–Trinajstić information content (AvgIpc) is 3.16. The lowest BCUT2D eigenvalue weighted by molar-refractivity contribution is -0.663. The third-order valence-electron chi connectivity index (χ3n) is 5.65. The lowest BCUT2D eigenvalue weighted by Crippen LogP contribution is -2.31. The van der Waals surface area contributed by atoms with Gasteiger partial charge in [0.1, 0.15) is 11.5 Å². The van der Waals surface area contributed by atoms with Crippen molar-refractivity contribution in [3.05, 3.63) is 70.9 Å². The summed E-state index contributed by atoms with van der Waals surface area (Å²) in [5.74, 6) is 1.14. The zero-order valence-electron chi connectivity index (χ0n) is 15.5. The molecule has 0 amide bonds. The number of fused-ring (bicyclic) bond motifs is 5. The highest BCUT2D eigenvalue weighted by molar-refractivity contribution is 5.82. The normalized spacial score (nSPS) is 12.5. The van der Waals surface area contributed by atoms with Crippen molar-refractivity contribution < 1.29 is 4.57 Å². The van der Waals surface area contributed by atoms with Crippen molar-refractivity contribution in [1.82, 2.24) is 14.5 Å². The molecular weight excluding hydrogens is 320 g/mol. The van der Waals surface area contributed by atoms with Crippen molar-refractivity contribution in [2.45, 2.75) is 27.2 Å². The van der Waals surface area contributed by atoms with E-state index in [1.165, 1.54) is 39.2 Å². The highest BCUT2D eigenvalue weighted by atomic mass is 15.1. The van der Waals surface area contributed by atoms with Crippen molar-refractivity contribution in [3.63, 3.8) is 0 Å². The molecule has 26 heavy (non-hydrogen) atoms. The Morgan fingerprint density at radius 2 is 1.85 bits per heavy atom. The maximum atomic E-state index is 4.86. The summed E-state index contributed by atoms with van der Waals surface area (Å²) in [7, 11) is 2.06. The van der Waals surface area contributed by atoms with Gasteiger partial charge in [-0.3, -0.25) is 4.57 Å². The second-order valence-corrected chi connectivity index (χ2v) is 7.23. The van der Waals surface area contributed by atoms with Crippen molar-refractivity contribution in [3.8, 4) is 16.9 Å². The number of hydrogen-bond acceptors (Lipinski definition) is 2. The summed E-state index contributed by atoms with van der Waals surface area (Å²) in [6, 6.07) is 12.9. The molecule has 0 saturated heterocycles. The van der Waals surface area contributed by atoms with Gasteiger partial charge in [0.05, 0.1) is 23.8 Å². The van der Waals surface area contributed by atoms with Crippen LogP contribution in [0, 0.1) is 20.8 Å². The number of benzene rings is 2. The van der Waals surface area contributed by atoms with Crippen LogP contribution in [0.25, 0.3) is 28.0 Å². The number of nitrogens with zero attached hydrogens (tertiary/aromatic N) is 4. The molecule has 2 aromatic carbocycles. The van der Waals surface area contributed by atoms with Crippen LogP contribution < -0.4 is 4.57 Å². The van der Waals surface area contributed by atoms with E-state index in [4.69, 9.17) is 4.98 Å². The topological polar surface area (TPSA) is 34.6 Å². The van der Waals surface area contributed by atoms with E-state index in [0.29, 0.717) is 0 Å². The molecule has 4 aromatic rings. The second kappa shape index (κ2) is 5.24. The minimum Gasteiger partial charge on any atom is -0.296 e. The fraction of sp³-hybridized carbons (Fsp3) is 0.227. The maximum absolute atomic E-state index is 4.86. The predicted molar refractivity (Wildman–Crippen MR) is 102 cm³/mol. The molecule has 0 unspecified atom stereocenters. The predicted octanol–water partition coefficient (Wildman–Crippen LogP) is 3.74. The van der Waals surface area contributed by atoms with E-state index < -0.39 is 0 Å². The highest BCUT2D eigenvalue weighted by Gasteiger charge is 2.27. The smallest absolute Gasteiger partial charge is 0.286 e. The molecule has 0 atom stereocenters. The molecule has 0 fully saturated rings. The molecule has 1 aliphatic heterocycles. The molecule has 0 spiro atoms. The van der Waals surface area contributed by atoms with E-state index in [9.17, 15) is 0 Å². The lowest BCUT2D eigenvalue weighted by atomic mass is 9.93. The van der Waals surface area contributed by atoms with Crippen molar-refractivity contribution in [2.75, 3.05) is 0 Å². The molecule has 128 valence electrons. The number of hydrogen-bond donors (Lipinski definition) is 0. The van der Waals surface area contributed by atoms with Crippen LogP contribution in [0.15, 0.2) is 42.7 Å². The molecule has 1 aliphatic rings. The van der Waals surface area contributed by atoms with Crippen LogP contribution in [-0.2, 0) is 13.5 Å². The number of aromatic nitrogens is 4. The Kier molecular flexibility index (Phi) is 3.08. The summed E-state index contributed by atoms with van der Waals surface area (Å²) in [6.45, 7) is 6.50. The highest BCUT2D eigenvalue weighted by Crippen LogP contribution is 2.38. The number of aryl methyl sites for hydroxylation is 2. The van der Waals surface area contributed by atoms with Gasteiger partial charge in [-0.05, 0) is 48.7 Å². The molecular formula is C22H21N4+. The monoisotopic (exact) mass is 341 g/mol. The Hall–Kier alpha value is -3.01. The molecule has 0 saturated carbocycles. The summed E-state index contributed by atoms with van der Waals surface area (Å²) in [5.41, 5.74) is 11.1. The Labute approximate surface area is 152 Å². The summed E-state index contributed by atoms with van der Waals surface area (Å²) in [5, 5.41) is 0. The van der Waals surface area contributed by atoms with Gasteiger partial charge in [-0.15, -0.1) is 0 Å². The largest absolute Gasteiger partial charge is 0.296 e. The first-order valence-corrected chi connectivity index (χ1v) is 8.97. The van der Waals surface area contributed by atoms with Gasteiger partial charge < -0.3 is 0 Å². The molecule has 0 aliphatic carbocycles. The molecule has 3 heterocycles.